The van der Waals surface area contributed by atoms with Crippen LogP contribution in [0, 0.1) is 6.92 Å². The summed E-state index contributed by atoms with van der Waals surface area (Å²) in [5, 5.41) is 9.49. The number of benzene rings is 2. The number of likely N-dealkylation sites (tertiary alicyclic amines) is 1. The largest absolute Gasteiger partial charge is 0.480 e. The minimum atomic E-state index is -4.05. The highest BCUT2D eigenvalue weighted by Gasteiger charge is 2.34. The number of amidine groups is 1. The lowest BCUT2D eigenvalue weighted by Crippen LogP contribution is -2.54. The number of carboxylic acid groups (broad SMARTS) is 1. The zero-order valence-corrected chi connectivity index (χ0v) is 22.6. The fourth-order valence-electron chi connectivity index (χ4n) is 5.14. The third kappa shape index (κ3) is 6.06. The second-order valence-corrected chi connectivity index (χ2v) is 11.8. The molecule has 2 heterocycles. The van der Waals surface area contributed by atoms with E-state index in [0.29, 0.717) is 30.6 Å². The van der Waals surface area contributed by atoms with E-state index in [4.69, 9.17) is 11.5 Å². The highest BCUT2D eigenvalue weighted by Crippen LogP contribution is 2.24. The molecule has 2 aromatic carbocycles. The number of nitrogens with zero attached hydrogens (tertiary/aromatic N) is 3. The number of piperidine rings is 1. The number of aliphatic carboxylic acids is 1. The highest BCUT2D eigenvalue weighted by atomic mass is 32.2. The summed E-state index contributed by atoms with van der Waals surface area (Å²) in [5.74, 6) is -1.60. The van der Waals surface area contributed by atoms with Gasteiger partial charge in [-0.1, -0.05) is 18.2 Å². The Morgan fingerprint density at radius 2 is 1.89 bits per heavy atom. The predicted octanol–water partition coefficient (Wildman–Crippen LogP) is 1.41. The van der Waals surface area contributed by atoms with Crippen molar-refractivity contribution in [2.24, 2.45) is 15.9 Å². The Morgan fingerprint density at radius 3 is 2.63 bits per heavy atom. The summed E-state index contributed by atoms with van der Waals surface area (Å²) in [5.41, 5.74) is 16.3. The van der Waals surface area contributed by atoms with E-state index >= 15 is 0 Å². The fraction of sp³-hybridized carbons (Fsp3) is 0.444. The summed E-state index contributed by atoms with van der Waals surface area (Å²) in [7, 11) is -2.06. The maximum atomic E-state index is 13.1. The average Bonchev–Trinajstić information content (AvgIpc) is 2.88. The Kier molecular flexibility index (Phi) is 8.19. The molecule has 2 aliphatic heterocycles. The molecule has 5 N–H and O–H groups in total. The predicted molar refractivity (Wildman–Crippen MR) is 144 cm³/mol. The van der Waals surface area contributed by atoms with E-state index in [1.54, 1.807) is 37.3 Å². The van der Waals surface area contributed by atoms with Crippen LogP contribution in [0.3, 0.4) is 0 Å². The SMILES string of the molecule is Cc1ccc(C[C@@H](N)C(=O)N2CCCC[C@@H]2C(=O)O)cc1C(N)=NS(=O)(=O)c1ccc2c(c1)CN(C)CC2. The molecule has 0 aromatic heterocycles. The Bertz CT molecular complexity index is 1370. The molecule has 1 saturated heterocycles. The molecule has 2 aliphatic rings. The van der Waals surface area contributed by atoms with Crippen molar-refractivity contribution in [1.82, 2.24) is 9.80 Å². The number of amides is 1. The van der Waals surface area contributed by atoms with Gasteiger partial charge in [0.05, 0.1) is 10.9 Å². The van der Waals surface area contributed by atoms with Crippen molar-refractivity contribution in [3.63, 3.8) is 0 Å². The standard InChI is InChI=1S/C27H35N5O5S/c1-17-6-7-18(14-23(28)26(33)32-11-4-3-5-24(32)27(34)35)13-22(17)25(29)30-38(36,37)21-9-8-19-10-12-31(2)16-20(19)15-21/h6-9,13,15,23-24H,3-5,10-12,14,16,28H2,1-2H3,(H2,29,30)(H,34,35)/t23-,24-/m1/s1. The molecular weight excluding hydrogens is 506 g/mol. The zero-order chi connectivity index (χ0) is 27.6. The van der Waals surface area contributed by atoms with Gasteiger partial charge in [0.15, 0.2) is 0 Å². The molecule has 11 heteroatoms. The van der Waals surface area contributed by atoms with Gasteiger partial charge in [0.25, 0.3) is 10.0 Å². The lowest BCUT2D eigenvalue weighted by molar-refractivity contribution is -0.152. The monoisotopic (exact) mass is 541 g/mol. The first-order valence-corrected chi connectivity index (χ1v) is 14.2. The Hall–Kier alpha value is -3.28. The van der Waals surface area contributed by atoms with Gasteiger partial charge in [0.1, 0.15) is 11.9 Å². The molecule has 0 unspecified atom stereocenters. The van der Waals surface area contributed by atoms with Crippen LogP contribution in [0.4, 0.5) is 0 Å². The van der Waals surface area contributed by atoms with E-state index < -0.39 is 34.0 Å². The molecule has 0 spiro atoms. The molecule has 0 bridgehead atoms. The van der Waals surface area contributed by atoms with Gasteiger partial charge in [-0.05, 0) is 86.5 Å². The topological polar surface area (TPSA) is 159 Å². The van der Waals surface area contributed by atoms with Crippen LogP contribution in [0.5, 0.6) is 0 Å². The number of carbonyl (C=O) groups excluding carboxylic acids is 1. The zero-order valence-electron chi connectivity index (χ0n) is 21.8. The molecule has 1 fully saturated rings. The van der Waals surface area contributed by atoms with Crippen LogP contribution < -0.4 is 11.5 Å². The number of sulfonamides is 1. The Morgan fingerprint density at radius 1 is 1.13 bits per heavy atom. The van der Waals surface area contributed by atoms with Crippen LogP contribution in [0.15, 0.2) is 45.7 Å². The second-order valence-electron chi connectivity index (χ2n) is 10.2. The molecule has 2 atom stereocenters. The maximum absolute atomic E-state index is 13.1. The van der Waals surface area contributed by atoms with Crippen LogP contribution in [0.2, 0.25) is 0 Å². The first-order valence-electron chi connectivity index (χ1n) is 12.8. The van der Waals surface area contributed by atoms with Gasteiger partial charge in [0, 0.05) is 25.2 Å². The third-order valence-corrected chi connectivity index (χ3v) is 8.61. The van der Waals surface area contributed by atoms with Gasteiger partial charge >= 0.3 is 5.97 Å². The van der Waals surface area contributed by atoms with Crippen LogP contribution >= 0.6 is 0 Å². The second kappa shape index (κ2) is 11.2. The van der Waals surface area contributed by atoms with E-state index in [9.17, 15) is 23.1 Å². The molecular formula is C27H35N5O5S. The summed E-state index contributed by atoms with van der Waals surface area (Å²) in [6.45, 7) is 3.74. The van der Waals surface area contributed by atoms with E-state index in [1.807, 2.05) is 13.1 Å². The molecule has 0 radical (unpaired) electrons. The summed E-state index contributed by atoms with van der Waals surface area (Å²) < 4.78 is 30.1. The first-order chi connectivity index (χ1) is 18.0. The molecule has 204 valence electrons. The number of hydrogen-bond acceptors (Lipinski definition) is 6. The molecule has 4 rings (SSSR count). The fourth-order valence-corrected chi connectivity index (χ4v) is 6.14. The smallest absolute Gasteiger partial charge is 0.326 e. The molecule has 2 aromatic rings. The van der Waals surface area contributed by atoms with Crippen molar-refractivity contribution in [1.29, 1.82) is 0 Å². The first kappa shape index (κ1) is 27.7. The molecule has 0 aliphatic carbocycles. The Balaban J connectivity index is 1.54. The lowest BCUT2D eigenvalue weighted by atomic mass is 9.97. The van der Waals surface area contributed by atoms with Crippen molar-refractivity contribution >= 4 is 27.7 Å². The minimum absolute atomic E-state index is 0.0884. The number of carboxylic acids is 1. The van der Waals surface area contributed by atoms with Crippen LogP contribution in [-0.2, 0) is 39.0 Å². The summed E-state index contributed by atoms with van der Waals surface area (Å²) >= 11 is 0. The normalized spacial score (nSPS) is 19.6. The Labute approximate surface area is 223 Å². The minimum Gasteiger partial charge on any atom is -0.480 e. The molecule has 38 heavy (non-hydrogen) atoms. The van der Waals surface area contributed by atoms with Crippen molar-refractivity contribution in [3.05, 3.63) is 64.2 Å². The van der Waals surface area contributed by atoms with Crippen LogP contribution in [0.25, 0.3) is 0 Å². The number of hydrogen-bond donors (Lipinski definition) is 3. The summed E-state index contributed by atoms with van der Waals surface area (Å²) in [4.78, 5) is 28.1. The van der Waals surface area contributed by atoms with Crippen molar-refractivity contribution < 1.29 is 23.1 Å². The van der Waals surface area contributed by atoms with Crippen molar-refractivity contribution in [3.8, 4) is 0 Å². The van der Waals surface area contributed by atoms with E-state index in [0.717, 1.165) is 42.5 Å². The van der Waals surface area contributed by atoms with Gasteiger partial charge in [-0.25, -0.2) is 4.79 Å². The van der Waals surface area contributed by atoms with E-state index in [-0.39, 0.29) is 17.2 Å². The third-order valence-electron chi connectivity index (χ3n) is 7.32. The molecule has 0 saturated carbocycles. The number of likely N-dealkylation sites (N-methyl/N-ethyl adjacent to an activating group) is 1. The highest BCUT2D eigenvalue weighted by molar-refractivity contribution is 7.90. The number of fused-ring (bicyclic) bond motifs is 1. The summed E-state index contributed by atoms with van der Waals surface area (Å²) in [6.07, 6.45) is 2.90. The average molecular weight is 542 g/mol. The van der Waals surface area contributed by atoms with E-state index in [2.05, 4.69) is 9.30 Å². The van der Waals surface area contributed by atoms with Gasteiger partial charge in [-0.3, -0.25) is 4.79 Å². The quantitative estimate of drug-likeness (QED) is 0.350. The van der Waals surface area contributed by atoms with Crippen molar-refractivity contribution in [2.45, 2.75) is 62.6 Å². The van der Waals surface area contributed by atoms with Crippen molar-refractivity contribution in [2.75, 3.05) is 20.1 Å². The lowest BCUT2D eigenvalue weighted by Gasteiger charge is -2.34. The number of aryl methyl sites for hydroxylation is 1. The molecule has 10 nitrogen and oxygen atoms in total. The number of rotatable bonds is 7. The number of nitrogens with two attached hydrogens (primary N) is 2. The van der Waals surface area contributed by atoms with Crippen LogP contribution in [0.1, 0.15) is 47.1 Å². The van der Waals surface area contributed by atoms with Gasteiger partial charge in [0.2, 0.25) is 5.91 Å². The van der Waals surface area contributed by atoms with Gasteiger partial charge in [-0.15, -0.1) is 4.40 Å². The van der Waals surface area contributed by atoms with Gasteiger partial charge in [-0.2, -0.15) is 8.42 Å². The van der Waals surface area contributed by atoms with Crippen LogP contribution in [-0.4, -0.2) is 73.3 Å². The van der Waals surface area contributed by atoms with Gasteiger partial charge < -0.3 is 26.4 Å². The maximum Gasteiger partial charge on any atom is 0.326 e. The summed E-state index contributed by atoms with van der Waals surface area (Å²) in [6, 6.07) is 8.50. The number of carbonyl (C=O) groups is 2. The molecule has 1 amide bonds. The van der Waals surface area contributed by atoms with E-state index in [1.165, 1.54) is 4.90 Å².